The van der Waals surface area contributed by atoms with Crippen molar-refractivity contribution >= 4 is 40.9 Å². The van der Waals surface area contributed by atoms with Gasteiger partial charge in [-0.25, -0.2) is 4.79 Å². The van der Waals surface area contributed by atoms with Crippen molar-refractivity contribution in [2.45, 2.75) is 25.1 Å². The molecule has 1 aromatic heterocycles. The van der Waals surface area contributed by atoms with Crippen LogP contribution in [0.25, 0.3) is 11.4 Å². The summed E-state index contributed by atoms with van der Waals surface area (Å²) in [6.07, 6.45) is -0.241. The molecule has 0 saturated carbocycles. The summed E-state index contributed by atoms with van der Waals surface area (Å²) in [6.45, 7) is 3.53. The van der Waals surface area contributed by atoms with Crippen LogP contribution >= 0.6 is 23.4 Å². The lowest BCUT2D eigenvalue weighted by atomic mass is 10.2. The molecule has 0 aliphatic rings. The van der Waals surface area contributed by atoms with E-state index in [1.807, 2.05) is 41.9 Å². The number of aromatic nitrogens is 3. The van der Waals surface area contributed by atoms with E-state index in [2.05, 4.69) is 15.5 Å². The maximum absolute atomic E-state index is 12.4. The Labute approximate surface area is 183 Å². The molecule has 0 aliphatic heterocycles. The second-order valence-corrected chi connectivity index (χ2v) is 8.07. The molecule has 2 aromatic carbocycles. The molecule has 0 unspecified atom stereocenters. The highest BCUT2D eigenvalue weighted by Gasteiger charge is 2.15. The van der Waals surface area contributed by atoms with E-state index in [1.165, 1.54) is 17.8 Å². The summed E-state index contributed by atoms with van der Waals surface area (Å²) in [4.78, 5) is 24.5. The van der Waals surface area contributed by atoms with Crippen molar-refractivity contribution in [3.63, 3.8) is 0 Å². The van der Waals surface area contributed by atoms with Crippen molar-refractivity contribution in [3.8, 4) is 11.4 Å². The van der Waals surface area contributed by atoms with Crippen molar-refractivity contribution in [1.82, 2.24) is 14.8 Å². The number of hydrogen-bond acceptors (Lipinski definition) is 6. The van der Waals surface area contributed by atoms with Crippen molar-refractivity contribution in [3.05, 3.63) is 59.1 Å². The van der Waals surface area contributed by atoms with Gasteiger partial charge in [-0.15, -0.1) is 10.2 Å². The topological polar surface area (TPSA) is 86.1 Å². The van der Waals surface area contributed by atoms with Crippen LogP contribution in [0.3, 0.4) is 0 Å². The highest BCUT2D eigenvalue weighted by Crippen LogP contribution is 2.25. The zero-order valence-electron chi connectivity index (χ0n) is 16.8. The number of carbonyl (C=O) groups excluding carboxylic acids is 2. The summed E-state index contributed by atoms with van der Waals surface area (Å²) in [7, 11) is 1.85. The van der Waals surface area contributed by atoms with Crippen LogP contribution in [0.15, 0.2) is 53.7 Å². The summed E-state index contributed by atoms with van der Waals surface area (Å²) < 4.78 is 7.01. The number of benzene rings is 2. The van der Waals surface area contributed by atoms with E-state index in [0.717, 1.165) is 11.4 Å². The number of thioether (sulfide) groups is 1. The van der Waals surface area contributed by atoms with Gasteiger partial charge in [0.25, 0.3) is 0 Å². The number of rotatable bonds is 7. The molecule has 1 N–H and O–H groups in total. The molecule has 0 atom stereocenters. The SMILES string of the molecule is CC(C)OC(=O)c1ccc(Cl)c(NC(=O)CSc2nnc(-c3ccccc3)n2C)c1. The minimum atomic E-state index is -0.473. The van der Waals surface area contributed by atoms with Crippen LogP contribution in [-0.4, -0.2) is 38.5 Å². The average Bonchev–Trinajstić information content (AvgIpc) is 3.08. The van der Waals surface area contributed by atoms with Gasteiger partial charge in [-0.1, -0.05) is 53.7 Å². The maximum Gasteiger partial charge on any atom is 0.338 e. The fourth-order valence-electron chi connectivity index (χ4n) is 2.63. The molecule has 0 bridgehead atoms. The van der Waals surface area contributed by atoms with Crippen molar-refractivity contribution in [1.29, 1.82) is 0 Å². The number of ether oxygens (including phenoxy) is 1. The van der Waals surface area contributed by atoms with Gasteiger partial charge in [0, 0.05) is 12.6 Å². The molecule has 0 saturated heterocycles. The Morgan fingerprint density at radius 2 is 1.90 bits per heavy atom. The third kappa shape index (κ3) is 5.40. The summed E-state index contributed by atoms with van der Waals surface area (Å²) in [6, 6.07) is 14.3. The van der Waals surface area contributed by atoms with Crippen LogP contribution < -0.4 is 5.32 Å². The molecule has 7 nitrogen and oxygen atoms in total. The summed E-state index contributed by atoms with van der Waals surface area (Å²) in [5.74, 6) is 0.0788. The number of esters is 1. The number of nitrogens with one attached hydrogen (secondary N) is 1. The Balaban J connectivity index is 1.64. The summed E-state index contributed by atoms with van der Waals surface area (Å²) in [5.41, 5.74) is 1.61. The molecule has 9 heteroatoms. The average molecular weight is 445 g/mol. The molecule has 3 aromatic rings. The normalized spacial score (nSPS) is 10.8. The molecule has 156 valence electrons. The van der Waals surface area contributed by atoms with Crippen LogP contribution in [0.2, 0.25) is 5.02 Å². The van der Waals surface area contributed by atoms with Crippen LogP contribution in [0.5, 0.6) is 0 Å². The van der Waals surface area contributed by atoms with Crippen LogP contribution in [-0.2, 0) is 16.6 Å². The Morgan fingerprint density at radius 3 is 2.60 bits per heavy atom. The number of hydrogen-bond donors (Lipinski definition) is 1. The Hall–Kier alpha value is -2.84. The number of nitrogens with zero attached hydrogens (tertiary/aromatic N) is 3. The van der Waals surface area contributed by atoms with Gasteiger partial charge >= 0.3 is 5.97 Å². The lowest BCUT2D eigenvalue weighted by molar-refractivity contribution is -0.113. The van der Waals surface area contributed by atoms with Gasteiger partial charge in [0.15, 0.2) is 11.0 Å². The fourth-order valence-corrected chi connectivity index (χ4v) is 3.50. The molecular weight excluding hydrogens is 424 g/mol. The maximum atomic E-state index is 12.4. The first kappa shape index (κ1) is 21.9. The van der Waals surface area contributed by atoms with Gasteiger partial charge in [0.2, 0.25) is 5.91 Å². The number of amides is 1. The predicted molar refractivity (Wildman–Crippen MR) is 118 cm³/mol. The van der Waals surface area contributed by atoms with Gasteiger partial charge in [0.05, 0.1) is 28.1 Å². The lowest BCUT2D eigenvalue weighted by Crippen LogP contribution is -2.16. The third-order valence-corrected chi connectivity index (χ3v) is 5.37. The van der Waals surface area contributed by atoms with Gasteiger partial charge in [0.1, 0.15) is 0 Å². The zero-order chi connectivity index (χ0) is 21.7. The van der Waals surface area contributed by atoms with E-state index in [-0.39, 0.29) is 17.8 Å². The smallest absolute Gasteiger partial charge is 0.338 e. The fraction of sp³-hybridized carbons (Fsp3) is 0.238. The van der Waals surface area contributed by atoms with E-state index < -0.39 is 5.97 Å². The van der Waals surface area contributed by atoms with Gasteiger partial charge in [-0.2, -0.15) is 0 Å². The first-order valence-corrected chi connectivity index (χ1v) is 10.6. The largest absolute Gasteiger partial charge is 0.459 e. The molecule has 0 spiro atoms. The number of carbonyl (C=O) groups is 2. The monoisotopic (exact) mass is 444 g/mol. The van der Waals surface area contributed by atoms with Gasteiger partial charge in [-0.3, -0.25) is 4.79 Å². The molecule has 0 aliphatic carbocycles. The predicted octanol–water partition coefficient (Wildman–Crippen LogP) is 4.43. The molecular formula is C21H21ClN4O3S. The molecule has 30 heavy (non-hydrogen) atoms. The van der Waals surface area contributed by atoms with Crippen molar-refractivity contribution in [2.24, 2.45) is 7.05 Å². The number of halogens is 1. The van der Waals surface area contributed by atoms with Crippen LogP contribution in [0.1, 0.15) is 24.2 Å². The first-order chi connectivity index (χ1) is 14.3. The summed E-state index contributed by atoms with van der Waals surface area (Å²) >= 11 is 7.42. The zero-order valence-corrected chi connectivity index (χ0v) is 18.3. The van der Waals surface area contributed by atoms with Gasteiger partial charge < -0.3 is 14.6 Å². The Bertz CT molecular complexity index is 1050. The van der Waals surface area contributed by atoms with E-state index in [0.29, 0.717) is 21.4 Å². The minimum Gasteiger partial charge on any atom is -0.459 e. The van der Waals surface area contributed by atoms with Crippen LogP contribution in [0, 0.1) is 0 Å². The second-order valence-electron chi connectivity index (χ2n) is 6.72. The van der Waals surface area contributed by atoms with E-state index >= 15 is 0 Å². The van der Waals surface area contributed by atoms with E-state index in [4.69, 9.17) is 16.3 Å². The quantitative estimate of drug-likeness (QED) is 0.428. The second kappa shape index (κ2) is 9.77. The minimum absolute atomic E-state index is 0.109. The standard InChI is InChI=1S/C21H21ClN4O3S/c1-13(2)29-20(28)15-9-10-16(22)17(11-15)23-18(27)12-30-21-25-24-19(26(21)3)14-7-5-4-6-8-14/h4-11,13H,12H2,1-3H3,(H,23,27). The molecule has 1 amide bonds. The molecule has 1 heterocycles. The molecule has 0 radical (unpaired) electrons. The Kier molecular flexibility index (Phi) is 7.12. The molecule has 3 rings (SSSR count). The molecule has 0 fully saturated rings. The Morgan fingerprint density at radius 1 is 1.17 bits per heavy atom. The van der Waals surface area contributed by atoms with Gasteiger partial charge in [-0.05, 0) is 32.0 Å². The highest BCUT2D eigenvalue weighted by atomic mass is 35.5. The third-order valence-electron chi connectivity index (χ3n) is 4.02. The summed E-state index contributed by atoms with van der Waals surface area (Å²) in [5, 5.41) is 12.0. The van der Waals surface area contributed by atoms with Crippen molar-refractivity contribution in [2.75, 3.05) is 11.1 Å². The van der Waals surface area contributed by atoms with Crippen molar-refractivity contribution < 1.29 is 14.3 Å². The van der Waals surface area contributed by atoms with E-state index in [9.17, 15) is 9.59 Å². The number of anilines is 1. The van der Waals surface area contributed by atoms with E-state index in [1.54, 1.807) is 26.0 Å². The lowest BCUT2D eigenvalue weighted by Gasteiger charge is -2.11. The highest BCUT2D eigenvalue weighted by molar-refractivity contribution is 7.99. The first-order valence-electron chi connectivity index (χ1n) is 9.23. The van der Waals surface area contributed by atoms with Crippen LogP contribution in [0.4, 0.5) is 5.69 Å².